The van der Waals surface area contributed by atoms with Crippen molar-refractivity contribution in [2.45, 2.75) is 31.7 Å². The molecule has 0 bridgehead atoms. The Morgan fingerprint density at radius 1 is 1.28 bits per heavy atom. The summed E-state index contributed by atoms with van der Waals surface area (Å²) in [5.74, 6) is -0.617. The number of carbonyl (C=O) groups is 2. The average molecular weight is 247 g/mol. The number of amides is 1. The standard InChI is InChI=1S/C14H17NO3/c1-9(16)15(2)13(14(17)18)12-7-5-11(6-8-12)10-3-4-10/h5-8,10,13H,3-4H2,1-2H3,(H,17,18). The van der Waals surface area contributed by atoms with Gasteiger partial charge in [0, 0.05) is 14.0 Å². The van der Waals surface area contributed by atoms with E-state index < -0.39 is 12.0 Å². The molecule has 1 aliphatic rings. The van der Waals surface area contributed by atoms with Gasteiger partial charge in [0.2, 0.25) is 5.91 Å². The molecule has 1 unspecified atom stereocenters. The van der Waals surface area contributed by atoms with Gasteiger partial charge in [-0.15, -0.1) is 0 Å². The molecule has 0 heterocycles. The maximum absolute atomic E-state index is 11.3. The normalized spacial score (nSPS) is 16.1. The molecular formula is C14H17NO3. The van der Waals surface area contributed by atoms with E-state index in [0.29, 0.717) is 11.5 Å². The molecule has 1 saturated carbocycles. The number of hydrogen-bond donors (Lipinski definition) is 1. The van der Waals surface area contributed by atoms with Gasteiger partial charge in [0.1, 0.15) is 0 Å². The summed E-state index contributed by atoms with van der Waals surface area (Å²) in [5, 5.41) is 9.24. The lowest BCUT2D eigenvalue weighted by Crippen LogP contribution is -2.34. The van der Waals surface area contributed by atoms with Crippen LogP contribution in [0.1, 0.15) is 42.9 Å². The number of carboxylic acids is 1. The first kappa shape index (κ1) is 12.6. The quantitative estimate of drug-likeness (QED) is 0.887. The van der Waals surface area contributed by atoms with Gasteiger partial charge >= 0.3 is 5.97 Å². The minimum Gasteiger partial charge on any atom is -0.479 e. The van der Waals surface area contributed by atoms with Crippen molar-refractivity contribution in [1.82, 2.24) is 4.90 Å². The van der Waals surface area contributed by atoms with Gasteiger partial charge in [-0.1, -0.05) is 24.3 Å². The second kappa shape index (κ2) is 4.80. The van der Waals surface area contributed by atoms with Gasteiger partial charge in [0.15, 0.2) is 6.04 Å². The summed E-state index contributed by atoms with van der Waals surface area (Å²) in [6, 6.07) is 6.65. The third-order valence-corrected chi connectivity index (χ3v) is 3.42. The smallest absolute Gasteiger partial charge is 0.331 e. The monoisotopic (exact) mass is 247 g/mol. The molecule has 1 aromatic rings. The minimum atomic E-state index is -1.01. The molecule has 1 N–H and O–H groups in total. The first-order valence-corrected chi connectivity index (χ1v) is 6.06. The highest BCUT2D eigenvalue weighted by Gasteiger charge is 2.28. The Bertz CT molecular complexity index is 462. The molecule has 1 aromatic carbocycles. The van der Waals surface area contributed by atoms with Crippen molar-refractivity contribution >= 4 is 11.9 Å². The molecule has 2 rings (SSSR count). The third kappa shape index (κ3) is 2.53. The zero-order chi connectivity index (χ0) is 13.3. The van der Waals surface area contributed by atoms with Crippen LogP contribution in [0.25, 0.3) is 0 Å². The molecule has 96 valence electrons. The summed E-state index contributed by atoms with van der Waals surface area (Å²) in [6.45, 7) is 1.37. The number of hydrogen-bond acceptors (Lipinski definition) is 2. The summed E-state index contributed by atoms with van der Waals surface area (Å²) in [7, 11) is 1.51. The van der Waals surface area contributed by atoms with Gasteiger partial charge in [-0.25, -0.2) is 4.79 Å². The van der Waals surface area contributed by atoms with Crippen LogP contribution in [0.4, 0.5) is 0 Å². The van der Waals surface area contributed by atoms with Crippen LogP contribution in [0.5, 0.6) is 0 Å². The van der Waals surface area contributed by atoms with Crippen LogP contribution < -0.4 is 0 Å². The molecule has 0 radical (unpaired) electrons. The summed E-state index contributed by atoms with van der Waals surface area (Å²) in [4.78, 5) is 23.8. The third-order valence-electron chi connectivity index (χ3n) is 3.42. The number of nitrogens with zero attached hydrogens (tertiary/aromatic N) is 1. The van der Waals surface area contributed by atoms with E-state index in [0.717, 1.165) is 0 Å². The first-order valence-electron chi connectivity index (χ1n) is 6.06. The second-order valence-corrected chi connectivity index (χ2v) is 4.81. The maximum atomic E-state index is 11.3. The van der Waals surface area contributed by atoms with Gasteiger partial charge in [-0.05, 0) is 29.9 Å². The zero-order valence-corrected chi connectivity index (χ0v) is 10.6. The number of carbonyl (C=O) groups excluding carboxylic acids is 1. The Kier molecular flexibility index (Phi) is 3.36. The van der Waals surface area contributed by atoms with Crippen molar-refractivity contribution in [1.29, 1.82) is 0 Å². The molecule has 0 saturated heterocycles. The van der Waals surface area contributed by atoms with Crippen LogP contribution in [-0.4, -0.2) is 28.9 Å². The van der Waals surface area contributed by atoms with Crippen molar-refractivity contribution < 1.29 is 14.7 Å². The Morgan fingerprint density at radius 2 is 1.83 bits per heavy atom. The van der Waals surface area contributed by atoms with E-state index in [4.69, 9.17) is 0 Å². The zero-order valence-electron chi connectivity index (χ0n) is 10.6. The molecule has 18 heavy (non-hydrogen) atoms. The number of aliphatic carboxylic acids is 1. The van der Waals surface area contributed by atoms with Crippen molar-refractivity contribution in [3.63, 3.8) is 0 Å². The van der Waals surface area contributed by atoms with E-state index in [-0.39, 0.29) is 5.91 Å². The summed E-state index contributed by atoms with van der Waals surface area (Å²) < 4.78 is 0. The van der Waals surface area contributed by atoms with Gasteiger partial charge in [-0.3, -0.25) is 4.79 Å². The van der Waals surface area contributed by atoms with Gasteiger partial charge in [0.25, 0.3) is 0 Å². The van der Waals surface area contributed by atoms with Crippen LogP contribution >= 0.6 is 0 Å². The SMILES string of the molecule is CC(=O)N(C)C(C(=O)O)c1ccc(C2CC2)cc1. The lowest BCUT2D eigenvalue weighted by atomic mass is 10.0. The molecule has 4 nitrogen and oxygen atoms in total. The maximum Gasteiger partial charge on any atom is 0.331 e. The average Bonchev–Trinajstić information content (AvgIpc) is 3.13. The first-order chi connectivity index (χ1) is 8.50. The fraction of sp³-hybridized carbons (Fsp3) is 0.429. The van der Waals surface area contributed by atoms with E-state index in [2.05, 4.69) is 0 Å². The lowest BCUT2D eigenvalue weighted by Gasteiger charge is -2.24. The molecule has 0 aliphatic heterocycles. The van der Waals surface area contributed by atoms with E-state index in [1.807, 2.05) is 24.3 Å². The highest BCUT2D eigenvalue weighted by Crippen LogP contribution is 2.40. The Hall–Kier alpha value is -1.84. The molecule has 1 amide bonds. The van der Waals surface area contributed by atoms with Crippen LogP contribution in [0.3, 0.4) is 0 Å². The lowest BCUT2D eigenvalue weighted by molar-refractivity contribution is -0.148. The van der Waals surface area contributed by atoms with E-state index in [9.17, 15) is 14.7 Å². The van der Waals surface area contributed by atoms with E-state index in [1.54, 1.807) is 0 Å². The predicted molar refractivity (Wildman–Crippen MR) is 67.2 cm³/mol. The highest BCUT2D eigenvalue weighted by atomic mass is 16.4. The number of rotatable bonds is 4. The molecule has 1 atom stereocenters. The van der Waals surface area contributed by atoms with Gasteiger partial charge in [0.05, 0.1) is 0 Å². The largest absolute Gasteiger partial charge is 0.479 e. The van der Waals surface area contributed by atoms with Crippen molar-refractivity contribution in [3.05, 3.63) is 35.4 Å². The van der Waals surface area contributed by atoms with E-state index >= 15 is 0 Å². The summed E-state index contributed by atoms with van der Waals surface area (Å²) >= 11 is 0. The van der Waals surface area contributed by atoms with Crippen molar-refractivity contribution in [3.8, 4) is 0 Å². The number of carboxylic acid groups (broad SMARTS) is 1. The Balaban J connectivity index is 2.24. The topological polar surface area (TPSA) is 57.6 Å². The summed E-state index contributed by atoms with van der Waals surface area (Å²) in [6.07, 6.45) is 2.43. The molecule has 0 aromatic heterocycles. The molecule has 1 fully saturated rings. The van der Waals surface area contributed by atoms with Crippen molar-refractivity contribution in [2.75, 3.05) is 7.05 Å². The highest BCUT2D eigenvalue weighted by molar-refractivity contribution is 5.83. The molecule has 1 aliphatic carbocycles. The number of benzene rings is 1. The molecule has 4 heteroatoms. The predicted octanol–water partition coefficient (Wildman–Crippen LogP) is 2.17. The summed E-state index contributed by atoms with van der Waals surface area (Å²) in [5.41, 5.74) is 1.90. The number of likely N-dealkylation sites (N-methyl/N-ethyl adjacent to an activating group) is 1. The molecular weight excluding hydrogens is 230 g/mol. The van der Waals surface area contributed by atoms with Crippen LogP contribution in [0, 0.1) is 0 Å². The fourth-order valence-corrected chi connectivity index (χ4v) is 2.08. The van der Waals surface area contributed by atoms with Crippen LogP contribution in [0.2, 0.25) is 0 Å². The fourth-order valence-electron chi connectivity index (χ4n) is 2.08. The minimum absolute atomic E-state index is 0.256. The molecule has 0 spiro atoms. The second-order valence-electron chi connectivity index (χ2n) is 4.81. The van der Waals surface area contributed by atoms with Crippen LogP contribution in [-0.2, 0) is 9.59 Å². The van der Waals surface area contributed by atoms with E-state index in [1.165, 1.54) is 37.3 Å². The van der Waals surface area contributed by atoms with Crippen LogP contribution in [0.15, 0.2) is 24.3 Å². The van der Waals surface area contributed by atoms with Gasteiger partial charge < -0.3 is 10.0 Å². The van der Waals surface area contributed by atoms with Gasteiger partial charge in [-0.2, -0.15) is 0 Å². The van der Waals surface area contributed by atoms with Crippen molar-refractivity contribution in [2.24, 2.45) is 0 Å². The Morgan fingerprint density at radius 3 is 2.22 bits per heavy atom. The Labute approximate surface area is 106 Å².